The molecule has 0 fully saturated rings. The lowest BCUT2D eigenvalue weighted by Gasteiger charge is -2.18. The molecule has 0 radical (unpaired) electrons. The van der Waals surface area contributed by atoms with Gasteiger partial charge in [0.2, 0.25) is 0 Å². The fraction of sp³-hybridized carbons (Fsp3) is 0.0952. The minimum absolute atomic E-state index is 0.0327. The maximum Gasteiger partial charge on any atom is 0.263 e. The fourth-order valence-electron chi connectivity index (χ4n) is 2.71. The summed E-state index contributed by atoms with van der Waals surface area (Å²) in [5, 5.41) is 0.645. The van der Waals surface area contributed by atoms with E-state index in [9.17, 15) is 13.2 Å². The number of nitrogens with one attached hydrogen (secondary N) is 1. The van der Waals surface area contributed by atoms with Crippen molar-refractivity contribution in [2.45, 2.75) is 11.4 Å². The SMILES string of the molecule is CN(Cc1ccc(Cl)cc1)C(=O)c1ccc(Cl)c(S(=O)(=O)Nc2ccccc2)c1. The normalized spacial score (nSPS) is 11.1. The highest BCUT2D eigenvalue weighted by molar-refractivity contribution is 7.92. The van der Waals surface area contributed by atoms with Gasteiger partial charge in [-0.15, -0.1) is 0 Å². The number of amides is 1. The maximum atomic E-state index is 12.8. The largest absolute Gasteiger partial charge is 0.337 e. The summed E-state index contributed by atoms with van der Waals surface area (Å²) in [6.07, 6.45) is 0. The van der Waals surface area contributed by atoms with Gasteiger partial charge in [-0.3, -0.25) is 9.52 Å². The van der Waals surface area contributed by atoms with Crippen LogP contribution in [-0.2, 0) is 16.6 Å². The Morgan fingerprint density at radius 3 is 2.28 bits per heavy atom. The lowest BCUT2D eigenvalue weighted by molar-refractivity contribution is 0.0785. The van der Waals surface area contributed by atoms with Gasteiger partial charge in [0.05, 0.1) is 5.02 Å². The van der Waals surface area contributed by atoms with Crippen molar-refractivity contribution in [3.8, 4) is 0 Å². The van der Waals surface area contributed by atoms with E-state index < -0.39 is 10.0 Å². The van der Waals surface area contributed by atoms with Crippen LogP contribution in [0.5, 0.6) is 0 Å². The van der Waals surface area contributed by atoms with Crippen molar-refractivity contribution in [1.29, 1.82) is 0 Å². The Balaban J connectivity index is 1.83. The summed E-state index contributed by atoms with van der Waals surface area (Å²) >= 11 is 12.0. The third-order valence-electron chi connectivity index (χ3n) is 4.17. The highest BCUT2D eigenvalue weighted by atomic mass is 35.5. The highest BCUT2D eigenvalue weighted by Crippen LogP contribution is 2.26. The molecule has 3 rings (SSSR count). The van der Waals surface area contributed by atoms with E-state index in [1.54, 1.807) is 49.5 Å². The van der Waals surface area contributed by atoms with Crippen LogP contribution in [0.4, 0.5) is 5.69 Å². The number of anilines is 1. The molecule has 0 bridgehead atoms. The number of benzene rings is 3. The highest BCUT2D eigenvalue weighted by Gasteiger charge is 2.21. The molecule has 0 heterocycles. The minimum atomic E-state index is -3.96. The predicted molar refractivity (Wildman–Crippen MR) is 116 cm³/mol. The molecule has 0 saturated carbocycles. The van der Waals surface area contributed by atoms with Crippen LogP contribution >= 0.6 is 23.2 Å². The molecule has 0 unspecified atom stereocenters. The van der Waals surface area contributed by atoms with E-state index in [0.29, 0.717) is 17.3 Å². The summed E-state index contributed by atoms with van der Waals surface area (Å²) in [4.78, 5) is 14.1. The number of rotatable bonds is 6. The molecule has 3 aromatic rings. The summed E-state index contributed by atoms with van der Waals surface area (Å²) in [7, 11) is -2.32. The zero-order chi connectivity index (χ0) is 21.0. The second-order valence-electron chi connectivity index (χ2n) is 6.40. The summed E-state index contributed by atoms with van der Waals surface area (Å²) in [6.45, 7) is 0.350. The first kappa shape index (κ1) is 21.2. The Labute approximate surface area is 179 Å². The molecule has 8 heteroatoms. The summed E-state index contributed by atoms with van der Waals surface area (Å²) < 4.78 is 28.0. The number of para-hydroxylation sites is 1. The lowest BCUT2D eigenvalue weighted by Crippen LogP contribution is -2.26. The average molecular weight is 449 g/mol. The molecular weight excluding hydrogens is 431 g/mol. The molecule has 5 nitrogen and oxygen atoms in total. The number of sulfonamides is 1. The molecule has 0 saturated heterocycles. The molecule has 0 aromatic heterocycles. The van der Waals surface area contributed by atoms with Crippen molar-refractivity contribution in [1.82, 2.24) is 4.90 Å². The fourth-order valence-corrected chi connectivity index (χ4v) is 4.43. The number of halogens is 2. The number of hydrogen-bond acceptors (Lipinski definition) is 3. The van der Waals surface area contributed by atoms with Crippen molar-refractivity contribution >= 4 is 44.8 Å². The van der Waals surface area contributed by atoms with Crippen LogP contribution in [0.15, 0.2) is 77.7 Å². The summed E-state index contributed by atoms with van der Waals surface area (Å²) in [5.74, 6) is -0.326. The Bertz CT molecular complexity index is 1120. The first-order valence-corrected chi connectivity index (χ1v) is 10.9. The molecule has 1 amide bonds. The number of nitrogens with zero attached hydrogens (tertiary/aromatic N) is 1. The number of carbonyl (C=O) groups is 1. The van der Waals surface area contributed by atoms with Crippen molar-refractivity contribution in [2.24, 2.45) is 0 Å². The average Bonchev–Trinajstić information content (AvgIpc) is 2.70. The van der Waals surface area contributed by atoms with Crippen LogP contribution in [0.3, 0.4) is 0 Å². The smallest absolute Gasteiger partial charge is 0.263 e. The molecule has 0 spiro atoms. The van der Waals surface area contributed by atoms with Crippen molar-refractivity contribution in [2.75, 3.05) is 11.8 Å². The molecule has 29 heavy (non-hydrogen) atoms. The van der Waals surface area contributed by atoms with E-state index in [1.165, 1.54) is 23.1 Å². The van der Waals surface area contributed by atoms with Crippen LogP contribution in [-0.4, -0.2) is 26.3 Å². The Morgan fingerprint density at radius 2 is 1.62 bits per heavy atom. The standard InChI is InChI=1S/C21H18Cl2N2O3S/c1-25(14-15-7-10-17(22)11-8-15)21(26)16-9-12-19(23)20(13-16)29(27,28)24-18-5-3-2-4-6-18/h2-13,24H,14H2,1H3. The Hall–Kier alpha value is -2.54. The lowest BCUT2D eigenvalue weighted by atomic mass is 10.1. The van der Waals surface area contributed by atoms with Crippen molar-refractivity contribution < 1.29 is 13.2 Å². The van der Waals surface area contributed by atoms with Gasteiger partial charge < -0.3 is 4.90 Å². The van der Waals surface area contributed by atoms with E-state index >= 15 is 0 Å². The molecule has 150 valence electrons. The topological polar surface area (TPSA) is 66.5 Å². The second kappa shape index (κ2) is 8.86. The van der Waals surface area contributed by atoms with E-state index in [-0.39, 0.29) is 21.4 Å². The maximum absolute atomic E-state index is 12.8. The Morgan fingerprint density at radius 1 is 0.966 bits per heavy atom. The van der Waals surface area contributed by atoms with Gasteiger partial charge in [-0.05, 0) is 48.0 Å². The zero-order valence-electron chi connectivity index (χ0n) is 15.5. The number of carbonyl (C=O) groups excluding carboxylic acids is 1. The summed E-state index contributed by atoms with van der Waals surface area (Å²) in [6, 6.07) is 19.8. The molecule has 0 atom stereocenters. The predicted octanol–water partition coefficient (Wildman–Crippen LogP) is 5.07. The van der Waals surface area contributed by atoms with Gasteiger partial charge in [-0.25, -0.2) is 8.42 Å². The van der Waals surface area contributed by atoms with Gasteiger partial charge in [0, 0.05) is 29.9 Å². The first-order valence-electron chi connectivity index (χ1n) is 8.63. The van der Waals surface area contributed by atoms with E-state index in [1.807, 2.05) is 12.1 Å². The molecular formula is C21H18Cl2N2O3S. The van der Waals surface area contributed by atoms with Gasteiger partial charge >= 0.3 is 0 Å². The molecule has 0 aliphatic carbocycles. The third-order valence-corrected chi connectivity index (χ3v) is 6.29. The first-order chi connectivity index (χ1) is 13.8. The third kappa shape index (κ3) is 5.29. The van der Waals surface area contributed by atoms with Gasteiger partial charge in [-0.2, -0.15) is 0 Å². The van der Waals surface area contributed by atoms with Crippen LogP contribution in [0.1, 0.15) is 15.9 Å². The van der Waals surface area contributed by atoms with Crippen LogP contribution < -0.4 is 4.72 Å². The van der Waals surface area contributed by atoms with Crippen molar-refractivity contribution in [3.63, 3.8) is 0 Å². The molecule has 0 aliphatic rings. The quantitative estimate of drug-likeness (QED) is 0.572. The van der Waals surface area contributed by atoms with Gasteiger partial charge in [0.15, 0.2) is 0 Å². The monoisotopic (exact) mass is 448 g/mol. The van der Waals surface area contributed by atoms with Gasteiger partial charge in [0.25, 0.3) is 15.9 Å². The minimum Gasteiger partial charge on any atom is -0.337 e. The van der Waals surface area contributed by atoms with E-state index in [4.69, 9.17) is 23.2 Å². The van der Waals surface area contributed by atoms with Crippen molar-refractivity contribution in [3.05, 3.63) is 94.0 Å². The van der Waals surface area contributed by atoms with E-state index in [2.05, 4.69) is 4.72 Å². The Kier molecular flexibility index (Phi) is 6.47. The van der Waals surface area contributed by atoms with Crippen LogP contribution in [0.25, 0.3) is 0 Å². The molecule has 0 aliphatic heterocycles. The van der Waals surface area contributed by atoms with Crippen LogP contribution in [0.2, 0.25) is 10.0 Å². The molecule has 3 aromatic carbocycles. The molecule has 1 N–H and O–H groups in total. The van der Waals surface area contributed by atoms with Gasteiger partial charge in [0.1, 0.15) is 4.90 Å². The zero-order valence-corrected chi connectivity index (χ0v) is 17.8. The number of hydrogen-bond donors (Lipinski definition) is 1. The summed E-state index contributed by atoms with van der Waals surface area (Å²) in [5.41, 5.74) is 1.53. The van der Waals surface area contributed by atoms with E-state index in [0.717, 1.165) is 5.56 Å². The second-order valence-corrected chi connectivity index (χ2v) is 8.90. The van der Waals surface area contributed by atoms with Crippen LogP contribution in [0, 0.1) is 0 Å². The van der Waals surface area contributed by atoms with Gasteiger partial charge in [-0.1, -0.05) is 53.5 Å².